The number of benzene rings is 1. The number of hydrogen-bond acceptors (Lipinski definition) is 4. The van der Waals surface area contributed by atoms with Gasteiger partial charge in [-0.3, -0.25) is 14.5 Å². The van der Waals surface area contributed by atoms with E-state index in [2.05, 4.69) is 12.2 Å². The number of nitriles is 1. The maximum absolute atomic E-state index is 12.9. The molecule has 0 radical (unpaired) electrons. The smallest absolute Gasteiger partial charge is 0.325 e. The second-order valence-corrected chi connectivity index (χ2v) is 7.23. The van der Waals surface area contributed by atoms with E-state index in [-0.39, 0.29) is 12.5 Å². The van der Waals surface area contributed by atoms with Gasteiger partial charge in [-0.1, -0.05) is 19.1 Å². The van der Waals surface area contributed by atoms with Crippen molar-refractivity contribution in [1.82, 2.24) is 15.1 Å². The van der Waals surface area contributed by atoms with E-state index in [9.17, 15) is 14.4 Å². The average Bonchev–Trinajstić information content (AvgIpc) is 2.86. The number of carbonyl (C=O) groups excluding carboxylic acids is 3. The highest BCUT2D eigenvalue weighted by molar-refractivity contribution is 6.09. The molecule has 0 unspecified atom stereocenters. The lowest BCUT2D eigenvalue weighted by atomic mass is 9.91. The number of rotatable bonds is 3. The zero-order chi connectivity index (χ0) is 18.9. The van der Waals surface area contributed by atoms with Gasteiger partial charge in [-0.05, 0) is 43.4 Å². The summed E-state index contributed by atoms with van der Waals surface area (Å²) in [6.45, 7) is 4.74. The van der Waals surface area contributed by atoms with Crippen molar-refractivity contribution in [3.8, 4) is 6.07 Å². The minimum Gasteiger partial charge on any atom is -0.341 e. The van der Waals surface area contributed by atoms with Crippen LogP contribution in [0.15, 0.2) is 24.3 Å². The van der Waals surface area contributed by atoms with Crippen LogP contribution in [0.5, 0.6) is 0 Å². The summed E-state index contributed by atoms with van der Waals surface area (Å²) in [4.78, 5) is 40.5. The maximum atomic E-state index is 12.9. The van der Waals surface area contributed by atoms with E-state index in [1.165, 1.54) is 0 Å². The molecule has 1 aromatic carbocycles. The second-order valence-electron chi connectivity index (χ2n) is 7.23. The van der Waals surface area contributed by atoms with Crippen molar-refractivity contribution in [2.75, 3.05) is 19.6 Å². The highest BCUT2D eigenvalue weighted by Crippen LogP contribution is 2.29. The zero-order valence-electron chi connectivity index (χ0n) is 15.0. The first kappa shape index (κ1) is 17.9. The number of nitrogens with one attached hydrogen (secondary N) is 1. The fraction of sp³-hybridized carbons (Fsp3) is 0.474. The number of carbonyl (C=O) groups is 3. The SMILES string of the molecule is C[C@@H]1CCCN(C(=O)CN2C(=O)N[C@](C)(c3cccc(C#N)c3)C2=O)C1. The Hall–Kier alpha value is -2.88. The van der Waals surface area contributed by atoms with Gasteiger partial charge < -0.3 is 10.2 Å². The molecule has 136 valence electrons. The number of urea groups is 1. The molecule has 1 N–H and O–H groups in total. The Balaban J connectivity index is 1.78. The highest BCUT2D eigenvalue weighted by Gasteiger charge is 2.49. The fourth-order valence-electron chi connectivity index (χ4n) is 3.59. The topological polar surface area (TPSA) is 93.5 Å². The molecule has 0 bridgehead atoms. The predicted molar refractivity (Wildman–Crippen MR) is 93.7 cm³/mol. The van der Waals surface area contributed by atoms with Gasteiger partial charge in [0.05, 0.1) is 11.6 Å². The summed E-state index contributed by atoms with van der Waals surface area (Å²) in [5.41, 5.74) is -0.349. The molecule has 1 aromatic rings. The van der Waals surface area contributed by atoms with E-state index in [4.69, 9.17) is 5.26 Å². The van der Waals surface area contributed by atoms with Crippen molar-refractivity contribution in [2.24, 2.45) is 5.92 Å². The van der Waals surface area contributed by atoms with Gasteiger partial charge in [0.2, 0.25) is 5.91 Å². The summed E-state index contributed by atoms with van der Waals surface area (Å²) in [6.07, 6.45) is 2.02. The van der Waals surface area contributed by atoms with Gasteiger partial charge in [0, 0.05) is 13.1 Å². The minimum absolute atomic E-state index is 0.213. The maximum Gasteiger partial charge on any atom is 0.325 e. The Morgan fingerprint density at radius 2 is 2.19 bits per heavy atom. The molecule has 2 saturated heterocycles. The molecule has 7 heteroatoms. The lowest BCUT2D eigenvalue weighted by Crippen LogP contribution is -2.47. The van der Waals surface area contributed by atoms with E-state index in [1.807, 2.05) is 6.07 Å². The van der Waals surface area contributed by atoms with Crippen LogP contribution in [0.2, 0.25) is 0 Å². The van der Waals surface area contributed by atoms with Crippen LogP contribution in [-0.4, -0.2) is 47.3 Å². The molecule has 26 heavy (non-hydrogen) atoms. The Labute approximate surface area is 152 Å². The molecule has 0 saturated carbocycles. The van der Waals surface area contributed by atoms with Crippen molar-refractivity contribution in [3.05, 3.63) is 35.4 Å². The van der Waals surface area contributed by atoms with E-state index < -0.39 is 17.5 Å². The summed E-state index contributed by atoms with van der Waals surface area (Å²) in [7, 11) is 0. The molecule has 2 heterocycles. The standard InChI is InChI=1S/C19H22N4O3/c1-13-5-4-8-22(11-13)16(24)12-23-17(25)19(2,21-18(23)26)15-7-3-6-14(9-15)10-20/h3,6-7,9,13H,4-5,8,11-12H2,1-2H3,(H,21,26)/t13-,19-/m1/s1. The molecule has 2 fully saturated rings. The summed E-state index contributed by atoms with van der Waals surface area (Å²) >= 11 is 0. The molecule has 3 rings (SSSR count). The molecule has 0 aromatic heterocycles. The van der Waals surface area contributed by atoms with Crippen LogP contribution in [0.3, 0.4) is 0 Å². The molecule has 4 amide bonds. The van der Waals surface area contributed by atoms with Crippen LogP contribution in [-0.2, 0) is 15.1 Å². The van der Waals surface area contributed by atoms with Crippen LogP contribution >= 0.6 is 0 Å². The largest absolute Gasteiger partial charge is 0.341 e. The molecule has 2 aliphatic heterocycles. The van der Waals surface area contributed by atoms with Gasteiger partial charge in [-0.2, -0.15) is 5.26 Å². The summed E-state index contributed by atoms with van der Waals surface area (Å²) in [6, 6.07) is 8.01. The minimum atomic E-state index is -1.28. The quantitative estimate of drug-likeness (QED) is 0.834. The normalized spacial score (nSPS) is 25.8. The number of likely N-dealkylation sites (tertiary alicyclic amines) is 1. The zero-order valence-corrected chi connectivity index (χ0v) is 15.0. The Kier molecular flexibility index (Phi) is 4.68. The molecule has 2 aliphatic rings. The summed E-state index contributed by atoms with van der Waals surface area (Å²) < 4.78 is 0. The molecule has 0 spiro atoms. The van der Waals surface area contributed by atoms with Crippen molar-refractivity contribution >= 4 is 17.8 Å². The summed E-state index contributed by atoms with van der Waals surface area (Å²) in [5.74, 6) is -0.263. The molecular formula is C19H22N4O3. The van der Waals surface area contributed by atoms with Crippen LogP contribution in [0, 0.1) is 17.2 Å². The lowest BCUT2D eigenvalue weighted by molar-refractivity contribution is -0.139. The summed E-state index contributed by atoms with van der Waals surface area (Å²) in [5, 5.41) is 11.7. The Morgan fingerprint density at radius 1 is 1.42 bits per heavy atom. The molecule has 2 atom stereocenters. The van der Waals surface area contributed by atoms with Crippen molar-refractivity contribution in [1.29, 1.82) is 5.26 Å². The van der Waals surface area contributed by atoms with Crippen molar-refractivity contribution in [2.45, 2.75) is 32.2 Å². The van der Waals surface area contributed by atoms with Gasteiger partial charge >= 0.3 is 6.03 Å². The van der Waals surface area contributed by atoms with Crippen LogP contribution in [0.25, 0.3) is 0 Å². The number of hydrogen-bond donors (Lipinski definition) is 1. The van der Waals surface area contributed by atoms with E-state index in [0.29, 0.717) is 30.1 Å². The monoisotopic (exact) mass is 354 g/mol. The third-order valence-corrected chi connectivity index (χ3v) is 5.15. The number of imide groups is 1. The Bertz CT molecular complexity index is 800. The van der Waals surface area contributed by atoms with Gasteiger partial charge in [0.25, 0.3) is 5.91 Å². The number of amides is 4. The number of nitrogens with zero attached hydrogens (tertiary/aromatic N) is 3. The van der Waals surface area contributed by atoms with Crippen LogP contribution in [0.4, 0.5) is 4.79 Å². The van der Waals surface area contributed by atoms with Gasteiger partial charge in [-0.15, -0.1) is 0 Å². The van der Waals surface area contributed by atoms with Gasteiger partial charge in [0.15, 0.2) is 0 Å². The van der Waals surface area contributed by atoms with Crippen molar-refractivity contribution in [3.63, 3.8) is 0 Å². The first-order valence-electron chi connectivity index (χ1n) is 8.77. The van der Waals surface area contributed by atoms with Crippen molar-refractivity contribution < 1.29 is 14.4 Å². The first-order chi connectivity index (χ1) is 12.3. The average molecular weight is 354 g/mol. The van der Waals surface area contributed by atoms with Gasteiger partial charge in [0.1, 0.15) is 12.1 Å². The molecule has 0 aliphatic carbocycles. The molecule has 7 nitrogen and oxygen atoms in total. The lowest BCUT2D eigenvalue weighted by Gasteiger charge is -2.31. The first-order valence-corrected chi connectivity index (χ1v) is 8.77. The highest BCUT2D eigenvalue weighted by atomic mass is 16.2. The third kappa shape index (κ3) is 3.15. The number of piperidine rings is 1. The predicted octanol–water partition coefficient (Wildman–Crippen LogP) is 1.58. The van der Waals surface area contributed by atoms with Crippen LogP contribution in [0.1, 0.15) is 37.8 Å². The van der Waals surface area contributed by atoms with Gasteiger partial charge in [-0.25, -0.2) is 4.79 Å². The third-order valence-electron chi connectivity index (χ3n) is 5.15. The fourth-order valence-corrected chi connectivity index (χ4v) is 3.59. The molecular weight excluding hydrogens is 332 g/mol. The Morgan fingerprint density at radius 3 is 2.88 bits per heavy atom. The second kappa shape index (κ2) is 6.79. The van der Waals surface area contributed by atoms with Crippen LogP contribution < -0.4 is 5.32 Å². The van der Waals surface area contributed by atoms with E-state index >= 15 is 0 Å². The van der Waals surface area contributed by atoms with E-state index in [1.54, 1.807) is 36.1 Å². The van der Waals surface area contributed by atoms with E-state index in [0.717, 1.165) is 17.7 Å².